The van der Waals surface area contributed by atoms with Crippen LogP contribution >= 0.6 is 11.6 Å². The molecule has 0 spiro atoms. The fourth-order valence-corrected chi connectivity index (χ4v) is 4.71. The van der Waals surface area contributed by atoms with Crippen molar-refractivity contribution in [2.45, 2.75) is 32.7 Å². The van der Waals surface area contributed by atoms with Gasteiger partial charge in [-0.25, -0.2) is 4.98 Å². The molecule has 0 radical (unpaired) electrons. The Kier molecular flexibility index (Phi) is 5.03. The molecule has 1 aromatic heterocycles. The predicted octanol–water partition coefficient (Wildman–Crippen LogP) is 5.88. The van der Waals surface area contributed by atoms with E-state index >= 15 is 0 Å². The average Bonchev–Trinajstić information content (AvgIpc) is 3.30. The van der Waals surface area contributed by atoms with E-state index < -0.39 is 0 Å². The quantitative estimate of drug-likeness (QED) is 0.406. The van der Waals surface area contributed by atoms with Crippen LogP contribution in [0.4, 0.5) is 5.69 Å². The van der Waals surface area contributed by atoms with E-state index in [0.717, 1.165) is 33.1 Å². The third-order valence-corrected chi connectivity index (χ3v) is 6.20. The third-order valence-electron chi connectivity index (χ3n) is 5.95. The third kappa shape index (κ3) is 3.84. The second-order valence-electron chi connectivity index (χ2n) is 8.42. The van der Waals surface area contributed by atoms with Crippen molar-refractivity contribution in [1.29, 1.82) is 0 Å². The number of halogens is 1. The molecule has 31 heavy (non-hydrogen) atoms. The summed E-state index contributed by atoms with van der Waals surface area (Å²) < 4.78 is 2.25. The number of benzene rings is 3. The Morgan fingerprint density at radius 3 is 2.45 bits per heavy atom. The van der Waals surface area contributed by atoms with Gasteiger partial charge in [0, 0.05) is 36.1 Å². The van der Waals surface area contributed by atoms with Crippen LogP contribution in [-0.2, 0) is 11.3 Å². The van der Waals surface area contributed by atoms with E-state index in [4.69, 9.17) is 16.6 Å². The molecule has 1 amide bonds. The summed E-state index contributed by atoms with van der Waals surface area (Å²) in [7, 11) is 0. The lowest BCUT2D eigenvalue weighted by molar-refractivity contribution is -0.117. The molecule has 0 bridgehead atoms. The molecule has 0 unspecified atom stereocenters. The van der Waals surface area contributed by atoms with Gasteiger partial charge in [-0.2, -0.15) is 0 Å². The number of hydrogen-bond acceptors (Lipinski definition) is 2. The zero-order chi connectivity index (χ0) is 21.5. The van der Waals surface area contributed by atoms with Crippen LogP contribution in [0.2, 0.25) is 5.02 Å². The minimum Gasteiger partial charge on any atom is -0.323 e. The summed E-state index contributed by atoms with van der Waals surface area (Å²) in [5.74, 6) is 1.17. The van der Waals surface area contributed by atoms with Crippen molar-refractivity contribution < 1.29 is 4.79 Å². The minimum absolute atomic E-state index is 0.0491. The van der Waals surface area contributed by atoms with E-state index in [9.17, 15) is 4.79 Å². The molecule has 0 N–H and O–H groups in total. The Morgan fingerprint density at radius 1 is 1.00 bits per heavy atom. The molecular formula is C26H24ClN3O. The van der Waals surface area contributed by atoms with Crippen LogP contribution in [0.1, 0.15) is 34.9 Å². The molecule has 156 valence electrons. The van der Waals surface area contributed by atoms with Gasteiger partial charge in [-0.05, 0) is 66.9 Å². The number of imidazole rings is 1. The first kappa shape index (κ1) is 19.8. The van der Waals surface area contributed by atoms with Crippen LogP contribution in [-0.4, -0.2) is 22.0 Å². The van der Waals surface area contributed by atoms with E-state index in [0.29, 0.717) is 19.5 Å². The van der Waals surface area contributed by atoms with Crippen molar-refractivity contribution in [3.63, 3.8) is 0 Å². The van der Waals surface area contributed by atoms with E-state index in [-0.39, 0.29) is 11.8 Å². The summed E-state index contributed by atoms with van der Waals surface area (Å²) in [6.45, 7) is 5.48. The lowest BCUT2D eigenvalue weighted by Gasteiger charge is -2.19. The molecule has 0 saturated carbocycles. The zero-order valence-electron chi connectivity index (χ0n) is 17.7. The van der Waals surface area contributed by atoms with Gasteiger partial charge in [0.05, 0.1) is 11.0 Å². The van der Waals surface area contributed by atoms with E-state index in [1.807, 2.05) is 47.4 Å². The number of para-hydroxylation sites is 2. The van der Waals surface area contributed by atoms with Gasteiger partial charge in [0.2, 0.25) is 5.91 Å². The Labute approximate surface area is 187 Å². The number of rotatable bonds is 4. The standard InChI is InChI=1S/C26H24ClN3O/c1-17-11-18(2)13-22(12-17)29-16-20(14-25(29)31)26-28-23-5-3-4-6-24(23)30(26)15-19-7-9-21(27)10-8-19/h3-13,20H,14-16H2,1-2H3/t20-/m0/s1. The molecule has 4 nitrogen and oxygen atoms in total. The highest BCUT2D eigenvalue weighted by Crippen LogP contribution is 2.34. The van der Waals surface area contributed by atoms with Gasteiger partial charge >= 0.3 is 0 Å². The molecule has 4 aromatic rings. The van der Waals surface area contributed by atoms with Gasteiger partial charge in [0.15, 0.2) is 0 Å². The van der Waals surface area contributed by atoms with Gasteiger partial charge < -0.3 is 9.47 Å². The second-order valence-corrected chi connectivity index (χ2v) is 8.86. The smallest absolute Gasteiger partial charge is 0.227 e. The fraction of sp³-hybridized carbons (Fsp3) is 0.231. The highest BCUT2D eigenvalue weighted by atomic mass is 35.5. The SMILES string of the molecule is Cc1cc(C)cc(N2C[C@@H](c3nc4ccccc4n3Cc3ccc(Cl)cc3)CC2=O)c1. The van der Waals surface area contributed by atoms with Gasteiger partial charge in [0.25, 0.3) is 0 Å². The van der Waals surface area contributed by atoms with E-state index in [2.05, 4.69) is 42.7 Å². The number of amides is 1. The van der Waals surface area contributed by atoms with Crippen molar-refractivity contribution in [1.82, 2.24) is 9.55 Å². The highest BCUT2D eigenvalue weighted by Gasteiger charge is 2.35. The lowest BCUT2D eigenvalue weighted by atomic mass is 10.1. The van der Waals surface area contributed by atoms with Gasteiger partial charge in [-0.1, -0.05) is 41.9 Å². The normalized spacial score (nSPS) is 16.4. The molecule has 5 heteroatoms. The van der Waals surface area contributed by atoms with Crippen LogP contribution < -0.4 is 4.90 Å². The molecule has 0 aliphatic carbocycles. The van der Waals surface area contributed by atoms with Crippen LogP contribution in [0.3, 0.4) is 0 Å². The van der Waals surface area contributed by atoms with E-state index in [1.165, 1.54) is 11.1 Å². The number of carbonyl (C=O) groups excluding carboxylic acids is 1. The monoisotopic (exact) mass is 429 g/mol. The maximum atomic E-state index is 13.0. The van der Waals surface area contributed by atoms with E-state index in [1.54, 1.807) is 0 Å². The summed E-state index contributed by atoms with van der Waals surface area (Å²) in [6.07, 6.45) is 0.469. The van der Waals surface area contributed by atoms with Crippen LogP contribution in [0, 0.1) is 13.8 Å². The van der Waals surface area contributed by atoms with Crippen molar-refractivity contribution in [2.75, 3.05) is 11.4 Å². The molecule has 2 heterocycles. The molecule has 1 aliphatic heterocycles. The topological polar surface area (TPSA) is 38.1 Å². The molecule has 1 fully saturated rings. The number of nitrogens with zero attached hydrogens (tertiary/aromatic N) is 3. The second kappa shape index (κ2) is 7.86. The highest BCUT2D eigenvalue weighted by molar-refractivity contribution is 6.30. The maximum Gasteiger partial charge on any atom is 0.227 e. The number of aryl methyl sites for hydroxylation is 2. The summed E-state index contributed by atoms with van der Waals surface area (Å²) in [5.41, 5.74) is 6.52. The first-order valence-corrected chi connectivity index (χ1v) is 10.9. The lowest BCUT2D eigenvalue weighted by Crippen LogP contribution is -2.24. The summed E-state index contributed by atoms with van der Waals surface area (Å²) in [4.78, 5) is 19.9. The number of fused-ring (bicyclic) bond motifs is 1. The number of carbonyl (C=O) groups is 1. The molecule has 1 saturated heterocycles. The molecule has 1 atom stereocenters. The molecule has 3 aromatic carbocycles. The van der Waals surface area contributed by atoms with Crippen molar-refractivity contribution in [3.8, 4) is 0 Å². The van der Waals surface area contributed by atoms with Gasteiger partial charge in [0.1, 0.15) is 5.82 Å². The van der Waals surface area contributed by atoms with Crippen LogP contribution in [0.25, 0.3) is 11.0 Å². The first-order chi connectivity index (χ1) is 15.0. The van der Waals surface area contributed by atoms with Crippen molar-refractivity contribution in [2.24, 2.45) is 0 Å². The fourth-order valence-electron chi connectivity index (χ4n) is 4.58. The Balaban J connectivity index is 1.52. The predicted molar refractivity (Wildman–Crippen MR) is 126 cm³/mol. The Bertz CT molecular complexity index is 1260. The Morgan fingerprint density at radius 2 is 1.71 bits per heavy atom. The van der Waals surface area contributed by atoms with Crippen LogP contribution in [0.15, 0.2) is 66.7 Å². The maximum absolute atomic E-state index is 13.0. The van der Waals surface area contributed by atoms with Crippen molar-refractivity contribution >= 4 is 34.2 Å². The zero-order valence-corrected chi connectivity index (χ0v) is 18.4. The number of aromatic nitrogens is 2. The number of anilines is 1. The molecule has 1 aliphatic rings. The van der Waals surface area contributed by atoms with Crippen LogP contribution in [0.5, 0.6) is 0 Å². The van der Waals surface area contributed by atoms with Crippen molar-refractivity contribution in [3.05, 3.63) is 94.3 Å². The average molecular weight is 430 g/mol. The van der Waals surface area contributed by atoms with Gasteiger partial charge in [-0.3, -0.25) is 4.79 Å². The van der Waals surface area contributed by atoms with Gasteiger partial charge in [-0.15, -0.1) is 0 Å². The first-order valence-electron chi connectivity index (χ1n) is 10.6. The summed E-state index contributed by atoms with van der Waals surface area (Å²) >= 11 is 6.07. The largest absolute Gasteiger partial charge is 0.323 e. The molecule has 5 rings (SSSR count). The summed E-state index contributed by atoms with van der Waals surface area (Å²) in [6, 6.07) is 22.4. The number of hydrogen-bond donors (Lipinski definition) is 0. The summed E-state index contributed by atoms with van der Waals surface area (Å²) in [5, 5.41) is 0.727. The minimum atomic E-state index is 0.0491. The Hall–Kier alpha value is -3.11. The molecular weight excluding hydrogens is 406 g/mol.